The second-order valence-electron chi connectivity index (χ2n) is 12.4. The second-order valence-corrected chi connectivity index (χ2v) is 12.4. The lowest BCUT2D eigenvalue weighted by Gasteiger charge is -2.37. The van der Waals surface area contributed by atoms with E-state index in [1.54, 1.807) is 45.0 Å². The molecule has 4 rings (SSSR count). The molecular weight excluding hydrogens is 579 g/mol. The van der Waals surface area contributed by atoms with Crippen molar-refractivity contribution in [1.82, 2.24) is 15.2 Å². The summed E-state index contributed by atoms with van der Waals surface area (Å²) in [5, 5.41) is 3.21. The molecule has 2 aliphatic rings. The van der Waals surface area contributed by atoms with Crippen LogP contribution in [0.25, 0.3) is 10.9 Å². The Morgan fingerprint density at radius 1 is 1.20 bits per heavy atom. The summed E-state index contributed by atoms with van der Waals surface area (Å²) in [5.74, 6) is -1.67. The summed E-state index contributed by atoms with van der Waals surface area (Å²) in [6.07, 6.45) is -0.0796. The van der Waals surface area contributed by atoms with Crippen LogP contribution < -0.4 is 10.1 Å². The van der Waals surface area contributed by atoms with Crippen molar-refractivity contribution in [3.8, 4) is 5.75 Å². The molecule has 2 amide bonds. The summed E-state index contributed by atoms with van der Waals surface area (Å²) in [7, 11) is 1.18. The number of likely N-dealkylation sites (tertiary alicyclic amines) is 1. The van der Waals surface area contributed by atoms with Gasteiger partial charge in [0.25, 0.3) is 0 Å². The zero-order valence-corrected chi connectivity index (χ0v) is 25.6. The number of amides is 2. The molecule has 1 spiro atoms. The van der Waals surface area contributed by atoms with Gasteiger partial charge in [-0.2, -0.15) is 13.2 Å². The Labute approximate surface area is 255 Å². The molecule has 0 saturated carbocycles. The Kier molecular flexibility index (Phi) is 9.80. The number of hydrogen-bond acceptors (Lipinski definition) is 7. The third kappa shape index (κ3) is 7.44. The third-order valence-corrected chi connectivity index (χ3v) is 7.91. The molecule has 1 fully saturated rings. The van der Waals surface area contributed by atoms with Crippen LogP contribution in [0.4, 0.5) is 18.0 Å². The molecule has 0 unspecified atom stereocenters. The summed E-state index contributed by atoms with van der Waals surface area (Å²) in [4.78, 5) is 44.9. The molecular formula is C32H40F3N3O6. The lowest BCUT2D eigenvalue weighted by molar-refractivity contribution is -0.151. The molecule has 3 heterocycles. The van der Waals surface area contributed by atoms with Gasteiger partial charge < -0.3 is 24.4 Å². The van der Waals surface area contributed by atoms with Crippen molar-refractivity contribution in [1.29, 1.82) is 0 Å². The zero-order chi connectivity index (χ0) is 32.3. The van der Waals surface area contributed by atoms with Crippen molar-refractivity contribution in [3.05, 3.63) is 48.2 Å². The minimum Gasteiger partial charge on any atom is -0.483 e. The Balaban J connectivity index is 1.66. The normalized spacial score (nSPS) is 20.5. The highest BCUT2D eigenvalue weighted by Crippen LogP contribution is 2.48. The van der Waals surface area contributed by atoms with Gasteiger partial charge in [0.05, 0.1) is 19.2 Å². The lowest BCUT2D eigenvalue weighted by atomic mass is 9.87. The number of methoxy groups -OCH3 is 1. The van der Waals surface area contributed by atoms with Crippen LogP contribution in [0.15, 0.2) is 36.9 Å². The number of rotatable bonds is 9. The van der Waals surface area contributed by atoms with Crippen molar-refractivity contribution < 1.29 is 41.8 Å². The topological polar surface area (TPSA) is 107 Å². The standard InChI is InChI=1S/C32H40F3N3O6/c1-6-7-8-9-10-15-23(37-29(41)44-30(2,3)4)27(39)38-19-31(18-24(38)28(40)42-5)17-16-21-20-13-11-12-14-22(20)36-26(25(21)43-31)32(33,34)35/h6,11-14,23-24H,1,7-10,15-19H2,2-5H3,(H,37,41)/t23-,24-,31+/m0/s1. The van der Waals surface area contributed by atoms with E-state index < -0.39 is 53.1 Å². The summed E-state index contributed by atoms with van der Waals surface area (Å²) in [5.41, 5.74) is -2.67. The van der Waals surface area contributed by atoms with Crippen molar-refractivity contribution in [2.45, 2.75) is 102 Å². The zero-order valence-electron chi connectivity index (χ0n) is 25.6. The van der Waals surface area contributed by atoms with Crippen molar-refractivity contribution in [3.63, 3.8) is 0 Å². The SMILES string of the molecule is C=CCCCCC[C@H](NC(=O)OC(C)(C)C)C(=O)N1C[C@@]2(CCc3c(c(C(F)(F)F)nc4ccccc34)O2)C[C@H]1C(=O)OC. The van der Waals surface area contributed by atoms with Crippen LogP contribution in [0.5, 0.6) is 5.75 Å². The van der Waals surface area contributed by atoms with E-state index in [2.05, 4.69) is 16.9 Å². The molecule has 0 radical (unpaired) electrons. The Morgan fingerprint density at radius 3 is 2.59 bits per heavy atom. The number of benzene rings is 1. The second kappa shape index (κ2) is 13.0. The van der Waals surface area contributed by atoms with Gasteiger partial charge in [0.2, 0.25) is 5.91 Å². The predicted octanol–water partition coefficient (Wildman–Crippen LogP) is 6.12. The van der Waals surface area contributed by atoms with E-state index >= 15 is 0 Å². The van der Waals surface area contributed by atoms with Gasteiger partial charge in [-0.15, -0.1) is 6.58 Å². The van der Waals surface area contributed by atoms with Crippen molar-refractivity contribution in [2.24, 2.45) is 0 Å². The van der Waals surface area contributed by atoms with Crippen LogP contribution in [0.2, 0.25) is 0 Å². The van der Waals surface area contributed by atoms with Crippen LogP contribution >= 0.6 is 0 Å². The molecule has 2 aliphatic heterocycles. The monoisotopic (exact) mass is 619 g/mol. The summed E-state index contributed by atoms with van der Waals surface area (Å²) >= 11 is 0. The van der Waals surface area contributed by atoms with E-state index in [1.807, 2.05) is 0 Å². The fraction of sp³-hybridized carbons (Fsp3) is 0.562. The van der Waals surface area contributed by atoms with Gasteiger partial charge in [0, 0.05) is 17.4 Å². The van der Waals surface area contributed by atoms with E-state index in [4.69, 9.17) is 14.2 Å². The molecule has 1 saturated heterocycles. The first-order valence-electron chi connectivity index (χ1n) is 14.8. The first kappa shape index (κ1) is 33.1. The largest absolute Gasteiger partial charge is 0.483 e. The summed E-state index contributed by atoms with van der Waals surface area (Å²) < 4.78 is 59.3. The molecule has 240 valence electrons. The maximum Gasteiger partial charge on any atom is 0.437 e. The fourth-order valence-electron chi connectivity index (χ4n) is 5.94. The number of pyridine rings is 1. The highest BCUT2D eigenvalue weighted by Gasteiger charge is 2.54. The van der Waals surface area contributed by atoms with Gasteiger partial charge in [0.1, 0.15) is 23.3 Å². The molecule has 2 aromatic rings. The van der Waals surface area contributed by atoms with Gasteiger partial charge in [-0.1, -0.05) is 37.1 Å². The van der Waals surface area contributed by atoms with E-state index in [1.165, 1.54) is 18.1 Å². The van der Waals surface area contributed by atoms with E-state index in [0.29, 0.717) is 17.4 Å². The first-order chi connectivity index (χ1) is 20.7. The van der Waals surface area contributed by atoms with E-state index in [9.17, 15) is 27.6 Å². The number of alkyl halides is 3. The molecule has 44 heavy (non-hydrogen) atoms. The molecule has 1 aromatic heterocycles. The van der Waals surface area contributed by atoms with E-state index in [0.717, 1.165) is 19.3 Å². The van der Waals surface area contributed by atoms with Crippen molar-refractivity contribution in [2.75, 3.05) is 13.7 Å². The number of carbonyl (C=O) groups is 3. The molecule has 3 atom stereocenters. The summed E-state index contributed by atoms with van der Waals surface area (Å²) in [6.45, 7) is 8.63. The third-order valence-electron chi connectivity index (χ3n) is 7.91. The number of ether oxygens (including phenoxy) is 3. The van der Waals surface area contributed by atoms with Gasteiger partial charge >= 0.3 is 18.2 Å². The highest BCUT2D eigenvalue weighted by molar-refractivity contribution is 5.91. The molecule has 0 bridgehead atoms. The predicted molar refractivity (Wildman–Crippen MR) is 157 cm³/mol. The molecule has 12 heteroatoms. The van der Waals surface area contributed by atoms with Gasteiger partial charge in [0.15, 0.2) is 11.4 Å². The number of halogens is 3. The Bertz CT molecular complexity index is 1410. The molecule has 1 N–H and O–H groups in total. The number of unbranched alkanes of at least 4 members (excludes halogenated alkanes) is 3. The smallest absolute Gasteiger partial charge is 0.437 e. The number of para-hydroxylation sites is 1. The first-order valence-corrected chi connectivity index (χ1v) is 14.8. The minimum absolute atomic E-state index is 0.0759. The average Bonchev–Trinajstić information content (AvgIpc) is 3.32. The van der Waals surface area contributed by atoms with Crippen LogP contribution in [0.1, 0.15) is 77.0 Å². The number of aromatic nitrogens is 1. The van der Waals surface area contributed by atoms with Crippen LogP contribution in [0.3, 0.4) is 0 Å². The van der Waals surface area contributed by atoms with Crippen molar-refractivity contribution >= 4 is 28.9 Å². The summed E-state index contributed by atoms with van der Waals surface area (Å²) in [6, 6.07) is 4.40. The molecule has 1 aromatic carbocycles. The maximum atomic E-state index is 14.2. The number of fused-ring (bicyclic) bond motifs is 3. The fourth-order valence-corrected chi connectivity index (χ4v) is 5.94. The number of esters is 1. The minimum atomic E-state index is -4.80. The highest BCUT2D eigenvalue weighted by atomic mass is 19.4. The van der Waals surface area contributed by atoms with Crippen LogP contribution in [-0.4, -0.2) is 64.8 Å². The van der Waals surface area contributed by atoms with Gasteiger partial charge in [-0.3, -0.25) is 4.79 Å². The van der Waals surface area contributed by atoms with Gasteiger partial charge in [-0.05, 0) is 58.9 Å². The number of hydrogen-bond donors (Lipinski definition) is 1. The number of carbonyl (C=O) groups excluding carboxylic acids is 3. The van der Waals surface area contributed by atoms with E-state index in [-0.39, 0.29) is 43.5 Å². The average molecular weight is 620 g/mol. The molecule has 0 aliphatic carbocycles. The number of nitrogens with one attached hydrogen (secondary N) is 1. The number of aryl methyl sites for hydroxylation is 1. The number of nitrogens with zero attached hydrogens (tertiary/aromatic N) is 2. The number of allylic oxidation sites excluding steroid dienone is 1. The van der Waals surface area contributed by atoms with Crippen LogP contribution in [-0.2, 0) is 31.7 Å². The quantitative estimate of drug-likeness (QED) is 0.205. The van der Waals surface area contributed by atoms with Crippen LogP contribution in [0, 0.1) is 0 Å². The number of alkyl carbamates (subject to hydrolysis) is 1. The maximum absolute atomic E-state index is 14.2. The Hall–Kier alpha value is -3.83. The Morgan fingerprint density at radius 2 is 1.93 bits per heavy atom. The van der Waals surface area contributed by atoms with Gasteiger partial charge in [-0.25, -0.2) is 14.6 Å². The lowest BCUT2D eigenvalue weighted by Crippen LogP contribution is -2.53. The molecule has 9 nitrogen and oxygen atoms in total.